The summed E-state index contributed by atoms with van der Waals surface area (Å²) in [5.74, 6) is 2.05. The number of rotatable bonds is 6. The molecule has 0 spiro atoms. The van der Waals surface area contributed by atoms with Crippen LogP contribution in [-0.2, 0) is 4.79 Å². The van der Waals surface area contributed by atoms with E-state index in [0.29, 0.717) is 17.2 Å². The monoisotopic (exact) mass is 419 g/mol. The summed E-state index contributed by atoms with van der Waals surface area (Å²) in [4.78, 5) is 19.0. The molecule has 3 heterocycles. The van der Waals surface area contributed by atoms with Crippen LogP contribution in [0.3, 0.4) is 0 Å². The highest BCUT2D eigenvalue weighted by Crippen LogP contribution is 2.28. The average molecular weight is 419 g/mol. The van der Waals surface area contributed by atoms with E-state index in [1.54, 1.807) is 44.8 Å². The first-order chi connectivity index (χ1) is 15.2. The van der Waals surface area contributed by atoms with Gasteiger partial charge in [-0.1, -0.05) is 0 Å². The van der Waals surface area contributed by atoms with Crippen LogP contribution in [0.4, 0.5) is 11.5 Å². The number of carbonyl (C=O) groups excluding carboxylic acids is 1. The Morgan fingerprint density at radius 3 is 2.35 bits per heavy atom. The Kier molecular flexibility index (Phi) is 6.26. The summed E-state index contributed by atoms with van der Waals surface area (Å²) in [6.45, 7) is 1.50. The third-order valence-corrected chi connectivity index (χ3v) is 5.42. The van der Waals surface area contributed by atoms with E-state index in [0.717, 1.165) is 43.0 Å². The van der Waals surface area contributed by atoms with Crippen molar-refractivity contribution in [1.29, 1.82) is 0 Å². The topological polar surface area (TPSA) is 89.5 Å². The van der Waals surface area contributed by atoms with Crippen molar-refractivity contribution in [2.45, 2.75) is 12.8 Å². The zero-order chi connectivity index (χ0) is 21.6. The zero-order valence-corrected chi connectivity index (χ0v) is 17.6. The lowest BCUT2D eigenvalue weighted by atomic mass is 9.95. The van der Waals surface area contributed by atoms with Crippen LogP contribution in [0.2, 0.25) is 0 Å². The second-order valence-electron chi connectivity index (χ2n) is 7.37. The molecule has 0 bridgehead atoms. The number of anilines is 2. The number of aromatic nitrogens is 3. The van der Waals surface area contributed by atoms with Crippen molar-refractivity contribution in [2.75, 3.05) is 37.5 Å². The lowest BCUT2D eigenvalue weighted by Gasteiger charge is -2.31. The molecule has 1 aliphatic rings. The van der Waals surface area contributed by atoms with E-state index in [1.807, 2.05) is 24.3 Å². The molecule has 1 aromatic carbocycles. The number of methoxy groups -OCH3 is 2. The SMILES string of the molecule is COc1cc(NC(=O)C2CCN(c3ccc(-c4cccnc4)nn3)CC2)cc(OC)c1. The Labute approximate surface area is 181 Å². The maximum absolute atomic E-state index is 12.8. The third-order valence-electron chi connectivity index (χ3n) is 5.42. The quantitative estimate of drug-likeness (QED) is 0.655. The fourth-order valence-corrected chi connectivity index (χ4v) is 3.66. The molecule has 0 radical (unpaired) electrons. The molecule has 8 nitrogen and oxygen atoms in total. The van der Waals surface area contributed by atoms with Gasteiger partial charge in [-0.15, -0.1) is 10.2 Å². The van der Waals surface area contributed by atoms with E-state index in [9.17, 15) is 4.79 Å². The number of hydrogen-bond acceptors (Lipinski definition) is 7. The minimum atomic E-state index is -0.0592. The van der Waals surface area contributed by atoms with Crippen LogP contribution in [-0.4, -0.2) is 48.4 Å². The second-order valence-corrected chi connectivity index (χ2v) is 7.37. The molecule has 2 aromatic heterocycles. The summed E-state index contributed by atoms with van der Waals surface area (Å²) in [6, 6.07) is 13.1. The number of carbonyl (C=O) groups is 1. The molecule has 0 atom stereocenters. The molecule has 31 heavy (non-hydrogen) atoms. The summed E-state index contributed by atoms with van der Waals surface area (Å²) in [5, 5.41) is 11.7. The molecular formula is C23H25N5O3. The Bertz CT molecular complexity index is 997. The Hall–Kier alpha value is -3.68. The van der Waals surface area contributed by atoms with E-state index >= 15 is 0 Å². The number of amides is 1. The van der Waals surface area contributed by atoms with Crippen molar-refractivity contribution >= 4 is 17.4 Å². The van der Waals surface area contributed by atoms with Crippen molar-refractivity contribution in [3.8, 4) is 22.8 Å². The first kappa shape index (κ1) is 20.6. The van der Waals surface area contributed by atoms with Crippen molar-refractivity contribution in [3.05, 3.63) is 54.9 Å². The summed E-state index contributed by atoms with van der Waals surface area (Å²) in [6.07, 6.45) is 5.00. The van der Waals surface area contributed by atoms with Crippen LogP contribution in [0.5, 0.6) is 11.5 Å². The lowest BCUT2D eigenvalue weighted by Crippen LogP contribution is -2.38. The second kappa shape index (κ2) is 9.42. The molecule has 0 aliphatic carbocycles. The van der Waals surface area contributed by atoms with E-state index < -0.39 is 0 Å². The Balaban J connectivity index is 1.35. The van der Waals surface area contributed by atoms with Gasteiger partial charge in [0.15, 0.2) is 5.82 Å². The van der Waals surface area contributed by atoms with Gasteiger partial charge in [0, 0.05) is 60.9 Å². The highest BCUT2D eigenvalue weighted by atomic mass is 16.5. The van der Waals surface area contributed by atoms with Crippen LogP contribution in [0.1, 0.15) is 12.8 Å². The predicted molar refractivity (Wildman–Crippen MR) is 118 cm³/mol. The summed E-state index contributed by atoms with van der Waals surface area (Å²) >= 11 is 0. The van der Waals surface area contributed by atoms with Crippen molar-refractivity contribution in [3.63, 3.8) is 0 Å². The number of nitrogens with one attached hydrogen (secondary N) is 1. The van der Waals surface area contributed by atoms with Crippen molar-refractivity contribution in [2.24, 2.45) is 5.92 Å². The number of hydrogen-bond donors (Lipinski definition) is 1. The smallest absolute Gasteiger partial charge is 0.227 e. The first-order valence-corrected chi connectivity index (χ1v) is 10.2. The third kappa shape index (κ3) is 4.91. The van der Waals surface area contributed by atoms with Gasteiger partial charge in [0.1, 0.15) is 11.5 Å². The normalized spacial score (nSPS) is 14.2. The molecule has 1 saturated heterocycles. The molecular weight excluding hydrogens is 394 g/mol. The highest BCUT2D eigenvalue weighted by molar-refractivity contribution is 5.93. The van der Waals surface area contributed by atoms with Gasteiger partial charge in [-0.2, -0.15) is 0 Å². The fourth-order valence-electron chi connectivity index (χ4n) is 3.66. The molecule has 0 unspecified atom stereocenters. The molecule has 8 heteroatoms. The van der Waals surface area contributed by atoms with Crippen molar-refractivity contribution < 1.29 is 14.3 Å². The molecule has 4 rings (SSSR count). The molecule has 160 valence electrons. The fraction of sp³-hybridized carbons (Fsp3) is 0.304. The minimum absolute atomic E-state index is 0.00738. The average Bonchev–Trinajstić information content (AvgIpc) is 2.84. The molecule has 1 aliphatic heterocycles. The lowest BCUT2D eigenvalue weighted by molar-refractivity contribution is -0.120. The number of nitrogens with zero attached hydrogens (tertiary/aromatic N) is 4. The van der Waals surface area contributed by atoms with Crippen LogP contribution in [0.15, 0.2) is 54.9 Å². The van der Waals surface area contributed by atoms with E-state index in [-0.39, 0.29) is 11.8 Å². The number of piperidine rings is 1. The van der Waals surface area contributed by atoms with Crippen LogP contribution in [0.25, 0.3) is 11.3 Å². The Morgan fingerprint density at radius 2 is 1.77 bits per heavy atom. The van der Waals surface area contributed by atoms with Gasteiger partial charge in [-0.3, -0.25) is 9.78 Å². The maximum atomic E-state index is 12.8. The predicted octanol–water partition coefficient (Wildman–Crippen LogP) is 3.41. The molecule has 1 amide bonds. The Morgan fingerprint density at radius 1 is 1.03 bits per heavy atom. The van der Waals surface area contributed by atoms with Crippen LogP contribution in [0, 0.1) is 5.92 Å². The first-order valence-electron chi connectivity index (χ1n) is 10.2. The highest BCUT2D eigenvalue weighted by Gasteiger charge is 2.26. The van der Waals surface area contributed by atoms with Crippen molar-refractivity contribution in [1.82, 2.24) is 15.2 Å². The molecule has 3 aromatic rings. The van der Waals surface area contributed by atoms with E-state index in [1.165, 1.54) is 0 Å². The van der Waals surface area contributed by atoms with Crippen LogP contribution < -0.4 is 19.7 Å². The minimum Gasteiger partial charge on any atom is -0.497 e. The maximum Gasteiger partial charge on any atom is 0.227 e. The molecule has 1 N–H and O–H groups in total. The summed E-state index contributed by atoms with van der Waals surface area (Å²) < 4.78 is 10.5. The van der Waals surface area contributed by atoms with Gasteiger partial charge >= 0.3 is 0 Å². The number of ether oxygens (including phenoxy) is 2. The summed E-state index contributed by atoms with van der Waals surface area (Å²) in [7, 11) is 3.17. The molecule has 0 saturated carbocycles. The van der Waals surface area contributed by atoms with Gasteiger partial charge in [0.05, 0.1) is 19.9 Å². The van der Waals surface area contributed by atoms with Crippen LogP contribution >= 0.6 is 0 Å². The van der Waals surface area contributed by atoms with Gasteiger partial charge in [-0.25, -0.2) is 0 Å². The van der Waals surface area contributed by atoms with Gasteiger partial charge < -0.3 is 19.7 Å². The largest absolute Gasteiger partial charge is 0.497 e. The standard InChI is InChI=1S/C23H25N5O3/c1-30-19-12-18(13-20(14-19)31-2)25-23(29)16-7-10-28(11-8-16)22-6-5-21(26-27-22)17-4-3-9-24-15-17/h3-6,9,12-16H,7-8,10-11H2,1-2H3,(H,25,29). The van der Waals surface area contributed by atoms with E-state index in [4.69, 9.17) is 9.47 Å². The number of benzene rings is 1. The molecule has 1 fully saturated rings. The number of pyridine rings is 1. The zero-order valence-electron chi connectivity index (χ0n) is 17.6. The van der Waals surface area contributed by atoms with E-state index in [2.05, 4.69) is 25.4 Å². The van der Waals surface area contributed by atoms with Gasteiger partial charge in [0.25, 0.3) is 0 Å². The van der Waals surface area contributed by atoms with Gasteiger partial charge in [-0.05, 0) is 37.1 Å². The van der Waals surface area contributed by atoms with Gasteiger partial charge in [0.2, 0.25) is 5.91 Å². The summed E-state index contributed by atoms with van der Waals surface area (Å²) in [5.41, 5.74) is 2.39.